The summed E-state index contributed by atoms with van der Waals surface area (Å²) in [6.45, 7) is 3.57. The number of hydrogen-bond donors (Lipinski definition) is 0. The van der Waals surface area contributed by atoms with Gasteiger partial charge >= 0.3 is 0 Å². The SMILES string of the molecule is C=CC(=O)C1CCCC1=Cc1ccccc1. The zero-order valence-electron chi connectivity index (χ0n) is 9.36. The Balaban J connectivity index is 2.23. The number of carbonyl (C=O) groups is 1. The molecule has 1 heteroatoms. The highest BCUT2D eigenvalue weighted by Gasteiger charge is 2.25. The molecule has 0 amide bonds. The van der Waals surface area contributed by atoms with E-state index in [4.69, 9.17) is 0 Å². The van der Waals surface area contributed by atoms with Crippen molar-refractivity contribution in [2.24, 2.45) is 5.92 Å². The summed E-state index contributed by atoms with van der Waals surface area (Å²) in [5, 5.41) is 0. The molecule has 1 saturated carbocycles. The van der Waals surface area contributed by atoms with Gasteiger partial charge in [-0.1, -0.05) is 48.6 Å². The van der Waals surface area contributed by atoms with E-state index >= 15 is 0 Å². The van der Waals surface area contributed by atoms with Gasteiger partial charge in [-0.2, -0.15) is 0 Å². The standard InChI is InChI=1S/C15H16O/c1-2-15(16)14-10-6-9-13(14)11-12-7-4-3-5-8-12/h2-5,7-8,11,14H,1,6,9-10H2. The van der Waals surface area contributed by atoms with E-state index in [9.17, 15) is 4.79 Å². The predicted octanol–water partition coefficient (Wildman–Crippen LogP) is 3.63. The average molecular weight is 212 g/mol. The Morgan fingerprint density at radius 1 is 1.31 bits per heavy atom. The van der Waals surface area contributed by atoms with Crippen LogP contribution in [-0.4, -0.2) is 5.78 Å². The zero-order valence-corrected chi connectivity index (χ0v) is 9.36. The molecule has 0 N–H and O–H groups in total. The van der Waals surface area contributed by atoms with Crippen molar-refractivity contribution in [3.63, 3.8) is 0 Å². The first-order valence-corrected chi connectivity index (χ1v) is 5.73. The van der Waals surface area contributed by atoms with Crippen LogP contribution >= 0.6 is 0 Å². The van der Waals surface area contributed by atoms with Crippen molar-refractivity contribution in [1.82, 2.24) is 0 Å². The molecule has 1 aliphatic carbocycles. The molecule has 0 aliphatic heterocycles. The Bertz CT molecular complexity index is 414. The van der Waals surface area contributed by atoms with Gasteiger partial charge in [0.05, 0.1) is 0 Å². The summed E-state index contributed by atoms with van der Waals surface area (Å²) in [6.07, 6.45) is 6.74. The summed E-state index contributed by atoms with van der Waals surface area (Å²) in [7, 11) is 0. The van der Waals surface area contributed by atoms with Gasteiger partial charge < -0.3 is 0 Å². The molecule has 0 saturated heterocycles. The van der Waals surface area contributed by atoms with Gasteiger partial charge in [0.25, 0.3) is 0 Å². The van der Waals surface area contributed by atoms with Crippen LogP contribution in [0.3, 0.4) is 0 Å². The summed E-state index contributed by atoms with van der Waals surface area (Å²) in [6, 6.07) is 10.2. The van der Waals surface area contributed by atoms with Crippen molar-refractivity contribution in [2.45, 2.75) is 19.3 Å². The number of rotatable bonds is 3. The summed E-state index contributed by atoms with van der Waals surface area (Å²) < 4.78 is 0. The van der Waals surface area contributed by atoms with Crippen LogP contribution < -0.4 is 0 Å². The van der Waals surface area contributed by atoms with Gasteiger partial charge in [-0.15, -0.1) is 0 Å². The highest BCUT2D eigenvalue weighted by atomic mass is 16.1. The van der Waals surface area contributed by atoms with Crippen molar-refractivity contribution in [3.8, 4) is 0 Å². The third-order valence-electron chi connectivity index (χ3n) is 3.10. The first-order chi connectivity index (χ1) is 7.81. The van der Waals surface area contributed by atoms with E-state index in [1.807, 2.05) is 18.2 Å². The molecular weight excluding hydrogens is 196 g/mol. The summed E-state index contributed by atoms with van der Waals surface area (Å²) in [5.74, 6) is 0.248. The molecule has 2 rings (SSSR count). The summed E-state index contributed by atoms with van der Waals surface area (Å²) in [4.78, 5) is 11.7. The topological polar surface area (TPSA) is 17.1 Å². The molecule has 1 aliphatic rings. The van der Waals surface area contributed by atoms with E-state index in [1.54, 1.807) is 0 Å². The largest absolute Gasteiger partial charge is 0.294 e. The van der Waals surface area contributed by atoms with Crippen molar-refractivity contribution in [2.75, 3.05) is 0 Å². The van der Waals surface area contributed by atoms with Crippen LogP contribution in [0.5, 0.6) is 0 Å². The van der Waals surface area contributed by atoms with E-state index < -0.39 is 0 Å². The molecule has 1 aromatic carbocycles. The van der Waals surface area contributed by atoms with E-state index in [-0.39, 0.29) is 11.7 Å². The Morgan fingerprint density at radius 3 is 2.75 bits per heavy atom. The number of carbonyl (C=O) groups excluding carboxylic acids is 1. The quantitative estimate of drug-likeness (QED) is 0.699. The van der Waals surface area contributed by atoms with Crippen LogP contribution in [0.1, 0.15) is 24.8 Å². The molecule has 82 valence electrons. The second-order valence-corrected chi connectivity index (χ2v) is 4.18. The maximum Gasteiger partial charge on any atom is 0.162 e. The van der Waals surface area contributed by atoms with Crippen LogP contribution in [0.2, 0.25) is 0 Å². The maximum atomic E-state index is 11.7. The molecule has 0 spiro atoms. The fourth-order valence-electron chi connectivity index (χ4n) is 2.27. The predicted molar refractivity (Wildman–Crippen MR) is 67.0 cm³/mol. The third-order valence-corrected chi connectivity index (χ3v) is 3.10. The van der Waals surface area contributed by atoms with E-state index in [2.05, 4.69) is 24.8 Å². The molecule has 0 bridgehead atoms. The monoisotopic (exact) mass is 212 g/mol. The highest BCUT2D eigenvalue weighted by Crippen LogP contribution is 2.33. The number of hydrogen-bond acceptors (Lipinski definition) is 1. The lowest BCUT2D eigenvalue weighted by Crippen LogP contribution is -2.08. The van der Waals surface area contributed by atoms with Crippen molar-refractivity contribution in [1.29, 1.82) is 0 Å². The van der Waals surface area contributed by atoms with Gasteiger partial charge in [0, 0.05) is 5.92 Å². The molecule has 16 heavy (non-hydrogen) atoms. The Hall–Kier alpha value is -1.63. The van der Waals surface area contributed by atoms with Crippen LogP contribution in [0, 0.1) is 5.92 Å². The van der Waals surface area contributed by atoms with Crippen LogP contribution in [0.15, 0.2) is 48.6 Å². The van der Waals surface area contributed by atoms with Gasteiger partial charge in [0.2, 0.25) is 0 Å². The van der Waals surface area contributed by atoms with Crippen LogP contribution in [-0.2, 0) is 4.79 Å². The first kappa shape index (κ1) is 10.9. The van der Waals surface area contributed by atoms with E-state index in [1.165, 1.54) is 17.2 Å². The summed E-state index contributed by atoms with van der Waals surface area (Å²) >= 11 is 0. The van der Waals surface area contributed by atoms with Gasteiger partial charge in [0.1, 0.15) is 0 Å². The fraction of sp³-hybridized carbons (Fsp3) is 0.267. The van der Waals surface area contributed by atoms with E-state index in [0.29, 0.717) is 0 Å². The lowest BCUT2D eigenvalue weighted by molar-refractivity contribution is -0.116. The maximum absolute atomic E-state index is 11.7. The van der Waals surface area contributed by atoms with E-state index in [0.717, 1.165) is 19.3 Å². The number of allylic oxidation sites excluding steroid dienone is 2. The molecule has 0 heterocycles. The minimum absolute atomic E-state index is 0.0812. The van der Waals surface area contributed by atoms with Crippen molar-refractivity contribution < 1.29 is 4.79 Å². The molecule has 1 atom stereocenters. The third kappa shape index (κ3) is 2.30. The van der Waals surface area contributed by atoms with Gasteiger partial charge in [-0.25, -0.2) is 0 Å². The Morgan fingerprint density at radius 2 is 2.06 bits per heavy atom. The second-order valence-electron chi connectivity index (χ2n) is 4.18. The van der Waals surface area contributed by atoms with Crippen LogP contribution in [0.25, 0.3) is 6.08 Å². The average Bonchev–Trinajstić information content (AvgIpc) is 2.77. The highest BCUT2D eigenvalue weighted by molar-refractivity contribution is 5.94. The van der Waals surface area contributed by atoms with Gasteiger partial charge in [-0.3, -0.25) is 4.79 Å². The molecule has 0 radical (unpaired) electrons. The Kier molecular flexibility index (Phi) is 3.35. The Labute approximate surface area is 96.5 Å². The lowest BCUT2D eigenvalue weighted by atomic mass is 9.96. The second kappa shape index (κ2) is 4.93. The fourth-order valence-corrected chi connectivity index (χ4v) is 2.27. The van der Waals surface area contributed by atoms with Gasteiger partial charge in [0.15, 0.2) is 5.78 Å². The number of benzene rings is 1. The molecular formula is C15H16O. The number of ketones is 1. The normalized spacial score (nSPS) is 22.2. The van der Waals surface area contributed by atoms with Crippen molar-refractivity contribution in [3.05, 3.63) is 54.1 Å². The molecule has 1 fully saturated rings. The minimum atomic E-state index is 0.0812. The lowest BCUT2D eigenvalue weighted by Gasteiger charge is -2.07. The first-order valence-electron chi connectivity index (χ1n) is 5.73. The van der Waals surface area contributed by atoms with Gasteiger partial charge in [-0.05, 0) is 30.9 Å². The van der Waals surface area contributed by atoms with Crippen LogP contribution in [0.4, 0.5) is 0 Å². The van der Waals surface area contributed by atoms with Crippen molar-refractivity contribution >= 4 is 11.9 Å². The molecule has 1 unspecified atom stereocenters. The smallest absolute Gasteiger partial charge is 0.162 e. The molecule has 1 aromatic rings. The summed E-state index contributed by atoms with van der Waals surface area (Å²) in [5.41, 5.74) is 2.44. The molecule has 1 nitrogen and oxygen atoms in total. The minimum Gasteiger partial charge on any atom is -0.294 e. The molecule has 0 aromatic heterocycles. The zero-order chi connectivity index (χ0) is 11.4.